The number of hydrogen-bond acceptors (Lipinski definition) is 0. The lowest BCUT2D eigenvalue weighted by Gasteiger charge is -2.11. The second kappa shape index (κ2) is 13.9. The van der Waals surface area contributed by atoms with E-state index in [1.165, 1.54) is 98.9 Å². The smallest absolute Gasteiger partial charge is 0.0547 e. The van der Waals surface area contributed by atoms with Gasteiger partial charge in [0.2, 0.25) is 0 Å². The van der Waals surface area contributed by atoms with E-state index in [1.54, 1.807) is 0 Å². The monoisotopic (exact) mass is 762 g/mol. The Labute approximate surface area is 348 Å². The molecule has 0 atom stereocenters. The third-order valence-electron chi connectivity index (χ3n) is 12.3. The van der Waals surface area contributed by atoms with Crippen molar-refractivity contribution in [1.29, 1.82) is 0 Å². The second-order valence-corrected chi connectivity index (χ2v) is 15.7. The molecule has 0 bridgehead atoms. The minimum absolute atomic E-state index is 1.14. The van der Waals surface area contributed by atoms with Crippen LogP contribution < -0.4 is 0 Å². The molecule has 0 radical (unpaired) electrons. The van der Waals surface area contributed by atoms with Crippen molar-refractivity contribution in [2.45, 2.75) is 0 Å². The molecule has 12 rings (SSSR count). The average Bonchev–Trinajstić information content (AvgIpc) is 3.84. The van der Waals surface area contributed by atoms with E-state index in [0.717, 1.165) is 11.4 Å². The van der Waals surface area contributed by atoms with Gasteiger partial charge in [0.15, 0.2) is 0 Å². The Morgan fingerprint density at radius 1 is 0.233 bits per heavy atom. The summed E-state index contributed by atoms with van der Waals surface area (Å²) in [4.78, 5) is 0. The summed E-state index contributed by atoms with van der Waals surface area (Å²) in [5.74, 6) is 0. The van der Waals surface area contributed by atoms with Crippen molar-refractivity contribution in [3.8, 4) is 55.9 Å². The van der Waals surface area contributed by atoms with Gasteiger partial charge in [-0.2, -0.15) is 0 Å². The molecule has 0 aliphatic heterocycles. The fourth-order valence-electron chi connectivity index (χ4n) is 9.45. The first-order valence-electron chi connectivity index (χ1n) is 20.7. The molecule has 0 aliphatic carbocycles. The number of hydrogen-bond donors (Lipinski definition) is 0. The van der Waals surface area contributed by atoms with Gasteiger partial charge in [0.25, 0.3) is 0 Å². The summed E-state index contributed by atoms with van der Waals surface area (Å²) >= 11 is 0. The van der Waals surface area contributed by atoms with Gasteiger partial charge in [-0.15, -0.1) is 0 Å². The Bertz CT molecular complexity index is 3570. The second-order valence-electron chi connectivity index (χ2n) is 15.7. The average molecular weight is 763 g/mol. The minimum atomic E-state index is 1.14. The van der Waals surface area contributed by atoms with Gasteiger partial charge in [0.05, 0.1) is 22.1 Å². The van der Waals surface area contributed by atoms with Crippen LogP contribution in [0, 0.1) is 0 Å². The zero-order chi connectivity index (χ0) is 39.6. The third-order valence-corrected chi connectivity index (χ3v) is 12.3. The van der Waals surface area contributed by atoms with Gasteiger partial charge in [0.1, 0.15) is 0 Å². The maximum atomic E-state index is 2.45. The van der Waals surface area contributed by atoms with Crippen LogP contribution in [-0.4, -0.2) is 9.13 Å². The molecule has 10 aromatic carbocycles. The van der Waals surface area contributed by atoms with E-state index in [2.05, 4.69) is 240 Å². The summed E-state index contributed by atoms with van der Waals surface area (Å²) in [7, 11) is 0. The van der Waals surface area contributed by atoms with Crippen molar-refractivity contribution in [3.63, 3.8) is 0 Å². The molecular weight excluding hydrogens is 725 g/mol. The molecule has 0 fully saturated rings. The normalized spacial score (nSPS) is 11.7. The lowest BCUT2D eigenvalue weighted by Crippen LogP contribution is -1.94. The molecular formula is C58H38N2. The highest BCUT2D eigenvalue weighted by atomic mass is 15.0. The van der Waals surface area contributed by atoms with Crippen LogP contribution in [0.3, 0.4) is 0 Å². The molecule has 2 aromatic heterocycles. The molecule has 0 unspecified atom stereocenters. The maximum absolute atomic E-state index is 2.45. The number of para-hydroxylation sites is 1. The molecule has 2 heterocycles. The summed E-state index contributed by atoms with van der Waals surface area (Å²) in [6, 6.07) is 84.3. The van der Waals surface area contributed by atoms with Gasteiger partial charge in [-0.1, -0.05) is 164 Å². The number of aromatic nitrogens is 2. The molecule has 0 amide bonds. The van der Waals surface area contributed by atoms with Gasteiger partial charge in [0, 0.05) is 32.9 Å². The highest BCUT2D eigenvalue weighted by Crippen LogP contribution is 2.42. The van der Waals surface area contributed by atoms with Gasteiger partial charge in [-0.05, 0) is 122 Å². The number of nitrogens with zero attached hydrogens (tertiary/aromatic N) is 2. The first kappa shape index (κ1) is 34.1. The summed E-state index contributed by atoms with van der Waals surface area (Å²) < 4.78 is 4.85. The Balaban J connectivity index is 1.05. The SMILES string of the molecule is c1ccc(-c2ccc(-n3c4ccccc4c4cc(-c5ccc6c(c5)c5c(-c7ccc8ccccc8c7)cccc5n6-c5cccc(-c6ccccc6)c5)ccc43)cc2)cc1. The molecule has 2 nitrogen and oxygen atoms in total. The lowest BCUT2D eigenvalue weighted by molar-refractivity contribution is 1.18. The van der Waals surface area contributed by atoms with E-state index in [9.17, 15) is 0 Å². The van der Waals surface area contributed by atoms with Crippen molar-refractivity contribution >= 4 is 54.4 Å². The number of benzene rings is 10. The quantitative estimate of drug-likeness (QED) is 0.160. The van der Waals surface area contributed by atoms with Crippen molar-refractivity contribution in [3.05, 3.63) is 231 Å². The van der Waals surface area contributed by atoms with E-state index >= 15 is 0 Å². The number of rotatable bonds is 6. The van der Waals surface area contributed by atoms with Crippen molar-refractivity contribution in [2.24, 2.45) is 0 Å². The molecule has 60 heavy (non-hydrogen) atoms. The summed E-state index contributed by atoms with van der Waals surface area (Å²) in [5.41, 5.74) is 16.8. The van der Waals surface area contributed by atoms with E-state index in [-0.39, 0.29) is 0 Å². The molecule has 0 saturated heterocycles. The summed E-state index contributed by atoms with van der Waals surface area (Å²) in [5, 5.41) is 7.47. The predicted octanol–water partition coefficient (Wildman–Crippen LogP) is 15.7. The van der Waals surface area contributed by atoms with E-state index in [4.69, 9.17) is 0 Å². The fraction of sp³-hybridized carbons (Fsp3) is 0. The minimum Gasteiger partial charge on any atom is -0.309 e. The van der Waals surface area contributed by atoms with Crippen molar-refractivity contribution < 1.29 is 0 Å². The standard InChI is InChI=1S/C58H38N2/c1-3-13-39(14-4-1)42-27-31-48(32-28-42)59-54-23-10-9-21-51(54)52-37-45(29-33-55(52)59)46-30-34-56-53(38-46)58-50(47-26-25-41-17-7-8-18-43(41)35-47)22-12-24-57(58)60(56)49-20-11-19-44(36-49)40-15-5-2-6-16-40/h1-38H. The van der Waals surface area contributed by atoms with Crippen molar-refractivity contribution in [2.75, 3.05) is 0 Å². The lowest BCUT2D eigenvalue weighted by atomic mass is 9.95. The fourth-order valence-corrected chi connectivity index (χ4v) is 9.45. The predicted molar refractivity (Wildman–Crippen MR) is 254 cm³/mol. The molecule has 0 aliphatic rings. The molecule has 0 saturated carbocycles. The van der Waals surface area contributed by atoms with Crippen LogP contribution in [0.15, 0.2) is 231 Å². The van der Waals surface area contributed by atoms with Crippen LogP contribution in [0.25, 0.3) is 110 Å². The number of fused-ring (bicyclic) bond motifs is 7. The van der Waals surface area contributed by atoms with Gasteiger partial charge < -0.3 is 9.13 Å². The van der Waals surface area contributed by atoms with Crippen molar-refractivity contribution in [1.82, 2.24) is 9.13 Å². The Hall–Kier alpha value is -7.94. The highest BCUT2D eigenvalue weighted by molar-refractivity contribution is 6.17. The maximum Gasteiger partial charge on any atom is 0.0547 e. The molecule has 2 heteroatoms. The van der Waals surface area contributed by atoms with Gasteiger partial charge in [-0.25, -0.2) is 0 Å². The van der Waals surface area contributed by atoms with Crippen LogP contribution in [0.2, 0.25) is 0 Å². The highest BCUT2D eigenvalue weighted by Gasteiger charge is 2.19. The largest absolute Gasteiger partial charge is 0.309 e. The van der Waals surface area contributed by atoms with Gasteiger partial charge >= 0.3 is 0 Å². The molecule has 0 spiro atoms. The Morgan fingerprint density at radius 3 is 1.53 bits per heavy atom. The van der Waals surface area contributed by atoms with Crippen LogP contribution in [0.5, 0.6) is 0 Å². The topological polar surface area (TPSA) is 9.86 Å². The van der Waals surface area contributed by atoms with Crippen LogP contribution in [0.1, 0.15) is 0 Å². The third kappa shape index (κ3) is 5.57. The Kier molecular flexibility index (Phi) is 7.89. The summed E-state index contributed by atoms with van der Waals surface area (Å²) in [6.07, 6.45) is 0. The molecule has 0 N–H and O–H groups in total. The summed E-state index contributed by atoms with van der Waals surface area (Å²) in [6.45, 7) is 0. The van der Waals surface area contributed by atoms with E-state index in [1.807, 2.05) is 0 Å². The first-order chi connectivity index (χ1) is 29.7. The van der Waals surface area contributed by atoms with Crippen LogP contribution >= 0.6 is 0 Å². The first-order valence-corrected chi connectivity index (χ1v) is 20.7. The van der Waals surface area contributed by atoms with E-state index < -0.39 is 0 Å². The molecule has 280 valence electrons. The zero-order valence-corrected chi connectivity index (χ0v) is 32.8. The van der Waals surface area contributed by atoms with E-state index in [0.29, 0.717) is 0 Å². The zero-order valence-electron chi connectivity index (χ0n) is 32.8. The van der Waals surface area contributed by atoms with Crippen LogP contribution in [-0.2, 0) is 0 Å². The molecule has 12 aromatic rings. The van der Waals surface area contributed by atoms with Gasteiger partial charge in [-0.3, -0.25) is 0 Å². The van der Waals surface area contributed by atoms with Crippen LogP contribution in [0.4, 0.5) is 0 Å². The Morgan fingerprint density at radius 2 is 0.750 bits per heavy atom.